The minimum Gasteiger partial charge on any atom is -0.456 e. The van der Waals surface area contributed by atoms with E-state index in [9.17, 15) is 0 Å². The van der Waals surface area contributed by atoms with E-state index in [-0.39, 0.29) is 0 Å². The summed E-state index contributed by atoms with van der Waals surface area (Å²) in [4.78, 5) is 2.31. The highest BCUT2D eigenvalue weighted by molar-refractivity contribution is 6.16. The van der Waals surface area contributed by atoms with Gasteiger partial charge in [0.05, 0.1) is 5.69 Å². The molecule has 2 aromatic heterocycles. The highest BCUT2D eigenvalue weighted by atomic mass is 16.3. The van der Waals surface area contributed by atoms with Gasteiger partial charge in [0, 0.05) is 32.9 Å². The van der Waals surface area contributed by atoms with Crippen LogP contribution in [0.4, 0.5) is 17.1 Å². The van der Waals surface area contributed by atoms with Gasteiger partial charge in [-0.05, 0) is 88.0 Å². The Hall–Kier alpha value is -6.84. The second-order valence-corrected chi connectivity index (χ2v) is 12.9. The molecule has 0 aliphatic rings. The van der Waals surface area contributed by atoms with Crippen LogP contribution in [0.25, 0.3) is 77.3 Å². The lowest BCUT2D eigenvalue weighted by Gasteiger charge is -2.26. The monoisotopic (exact) mass is 653 g/mol. The van der Waals surface area contributed by atoms with Crippen molar-refractivity contribution >= 4 is 60.9 Å². The molecule has 0 aliphatic heterocycles. The van der Waals surface area contributed by atoms with Crippen LogP contribution in [0.5, 0.6) is 0 Å². The second-order valence-electron chi connectivity index (χ2n) is 12.9. The topological polar surface area (TPSA) is 29.5 Å². The van der Waals surface area contributed by atoms with Crippen LogP contribution < -0.4 is 4.90 Å². The summed E-state index contributed by atoms with van der Waals surface area (Å²) in [6, 6.07) is 66.1. The summed E-state index contributed by atoms with van der Waals surface area (Å²) in [6.07, 6.45) is 0. The molecular weight excluding hydrogens is 623 g/mol. The molecule has 240 valence electrons. The zero-order valence-corrected chi connectivity index (χ0v) is 27.7. The molecule has 51 heavy (non-hydrogen) atoms. The molecule has 10 aromatic rings. The zero-order valence-electron chi connectivity index (χ0n) is 27.7. The molecule has 3 heteroatoms. The van der Waals surface area contributed by atoms with Crippen LogP contribution in [0.3, 0.4) is 0 Å². The first-order valence-electron chi connectivity index (χ1n) is 17.3. The summed E-state index contributed by atoms with van der Waals surface area (Å²) >= 11 is 0. The molecule has 0 saturated carbocycles. The number of furan rings is 2. The molecule has 0 spiro atoms. The van der Waals surface area contributed by atoms with E-state index < -0.39 is 0 Å². The Morgan fingerprint density at radius 3 is 1.53 bits per heavy atom. The van der Waals surface area contributed by atoms with Crippen molar-refractivity contribution in [2.75, 3.05) is 4.90 Å². The normalized spacial score (nSPS) is 11.5. The standard InChI is InChI=1S/C48H31NO2/c1-3-11-32(12-4-1)33-19-24-37(25-20-33)49(38-26-21-34(22-27-38)36-23-28-41-40-15-7-9-17-44(40)50-46(41)31-36)43-30-29-39(35-13-5-2-6-14-35)47-42-16-8-10-18-45(42)51-48(43)47/h1-31H. The molecule has 0 bridgehead atoms. The molecule has 2 heterocycles. The third kappa shape index (κ3) is 4.98. The Bertz CT molecular complexity index is 2830. The van der Waals surface area contributed by atoms with Gasteiger partial charge in [-0.2, -0.15) is 0 Å². The van der Waals surface area contributed by atoms with Crippen molar-refractivity contribution in [3.8, 4) is 33.4 Å². The lowest BCUT2D eigenvalue weighted by molar-refractivity contribution is 0.668. The smallest absolute Gasteiger partial charge is 0.160 e. The van der Waals surface area contributed by atoms with Crippen molar-refractivity contribution in [2.45, 2.75) is 0 Å². The number of hydrogen-bond acceptors (Lipinski definition) is 3. The van der Waals surface area contributed by atoms with Gasteiger partial charge in [-0.25, -0.2) is 0 Å². The molecule has 0 radical (unpaired) electrons. The Morgan fingerprint density at radius 2 is 0.843 bits per heavy atom. The lowest BCUT2D eigenvalue weighted by atomic mass is 9.98. The largest absolute Gasteiger partial charge is 0.456 e. The summed E-state index contributed by atoms with van der Waals surface area (Å²) in [7, 11) is 0. The van der Waals surface area contributed by atoms with Crippen LogP contribution in [-0.4, -0.2) is 0 Å². The maximum Gasteiger partial charge on any atom is 0.160 e. The third-order valence-electron chi connectivity index (χ3n) is 9.90. The zero-order chi connectivity index (χ0) is 33.7. The number of benzene rings is 8. The number of para-hydroxylation sites is 2. The van der Waals surface area contributed by atoms with Gasteiger partial charge in [-0.3, -0.25) is 0 Å². The molecule has 0 saturated heterocycles. The molecule has 0 fully saturated rings. The van der Waals surface area contributed by atoms with E-state index in [1.807, 2.05) is 18.2 Å². The number of rotatable bonds is 6. The van der Waals surface area contributed by atoms with E-state index in [2.05, 4.69) is 175 Å². The maximum absolute atomic E-state index is 6.77. The van der Waals surface area contributed by atoms with E-state index >= 15 is 0 Å². The summed E-state index contributed by atoms with van der Waals surface area (Å²) in [5.41, 5.74) is 13.5. The molecule has 10 rings (SSSR count). The van der Waals surface area contributed by atoms with Gasteiger partial charge in [0.1, 0.15) is 16.7 Å². The summed E-state index contributed by atoms with van der Waals surface area (Å²) in [5, 5.41) is 4.48. The Balaban J connectivity index is 1.13. The number of fused-ring (bicyclic) bond motifs is 6. The average Bonchev–Trinajstić information content (AvgIpc) is 3.78. The predicted molar refractivity (Wildman–Crippen MR) is 212 cm³/mol. The van der Waals surface area contributed by atoms with Gasteiger partial charge in [-0.1, -0.05) is 133 Å². The Morgan fingerprint density at radius 1 is 0.333 bits per heavy atom. The lowest BCUT2D eigenvalue weighted by Crippen LogP contribution is -2.10. The fourth-order valence-corrected chi connectivity index (χ4v) is 7.42. The minimum absolute atomic E-state index is 0.851. The Kier molecular flexibility index (Phi) is 6.81. The van der Waals surface area contributed by atoms with Gasteiger partial charge in [-0.15, -0.1) is 0 Å². The molecule has 0 aliphatic carbocycles. The fourth-order valence-electron chi connectivity index (χ4n) is 7.42. The number of anilines is 3. The van der Waals surface area contributed by atoms with E-state index in [1.165, 1.54) is 11.1 Å². The van der Waals surface area contributed by atoms with Crippen molar-refractivity contribution < 1.29 is 8.83 Å². The molecule has 0 unspecified atom stereocenters. The molecule has 0 amide bonds. The van der Waals surface area contributed by atoms with E-state index in [1.54, 1.807) is 0 Å². The van der Waals surface area contributed by atoms with Gasteiger partial charge < -0.3 is 13.7 Å². The van der Waals surface area contributed by atoms with Crippen LogP contribution in [0, 0.1) is 0 Å². The second kappa shape index (κ2) is 11.9. The predicted octanol–water partition coefficient (Wildman–Crippen LogP) is 14.0. The first kappa shape index (κ1) is 29.1. The summed E-state index contributed by atoms with van der Waals surface area (Å²) in [6.45, 7) is 0. The minimum atomic E-state index is 0.851. The Labute approximate surface area is 295 Å². The van der Waals surface area contributed by atoms with Crippen LogP contribution in [-0.2, 0) is 0 Å². The van der Waals surface area contributed by atoms with E-state index in [0.29, 0.717) is 0 Å². The van der Waals surface area contributed by atoms with Gasteiger partial charge in [0.2, 0.25) is 0 Å². The summed E-state index contributed by atoms with van der Waals surface area (Å²) < 4.78 is 13.0. The average molecular weight is 654 g/mol. The molecule has 3 nitrogen and oxygen atoms in total. The first-order chi connectivity index (χ1) is 25.3. The van der Waals surface area contributed by atoms with Crippen molar-refractivity contribution in [2.24, 2.45) is 0 Å². The quantitative estimate of drug-likeness (QED) is 0.179. The van der Waals surface area contributed by atoms with Crippen molar-refractivity contribution in [3.05, 3.63) is 188 Å². The summed E-state index contributed by atoms with van der Waals surface area (Å²) in [5.74, 6) is 0. The van der Waals surface area contributed by atoms with Crippen LogP contribution in [0.15, 0.2) is 197 Å². The number of hydrogen-bond donors (Lipinski definition) is 0. The highest BCUT2D eigenvalue weighted by Gasteiger charge is 2.22. The van der Waals surface area contributed by atoms with Crippen molar-refractivity contribution in [1.82, 2.24) is 0 Å². The van der Waals surface area contributed by atoms with Gasteiger partial charge >= 0.3 is 0 Å². The van der Waals surface area contributed by atoms with Crippen molar-refractivity contribution in [3.63, 3.8) is 0 Å². The van der Waals surface area contributed by atoms with Gasteiger partial charge in [0.25, 0.3) is 0 Å². The third-order valence-corrected chi connectivity index (χ3v) is 9.90. The van der Waals surface area contributed by atoms with E-state index in [0.717, 1.165) is 83.2 Å². The fraction of sp³-hybridized carbons (Fsp3) is 0. The van der Waals surface area contributed by atoms with Gasteiger partial charge in [0.15, 0.2) is 5.58 Å². The maximum atomic E-state index is 6.77. The van der Waals surface area contributed by atoms with E-state index in [4.69, 9.17) is 8.83 Å². The molecule has 0 N–H and O–H groups in total. The van der Waals surface area contributed by atoms with Crippen LogP contribution in [0.2, 0.25) is 0 Å². The molecular formula is C48H31NO2. The van der Waals surface area contributed by atoms with Crippen molar-refractivity contribution in [1.29, 1.82) is 0 Å². The molecule has 8 aromatic carbocycles. The van der Waals surface area contributed by atoms with Crippen LogP contribution >= 0.6 is 0 Å². The SMILES string of the molecule is c1ccc(-c2ccc(N(c3ccc(-c4ccc5c(c4)oc4ccccc45)cc3)c3ccc(-c4ccccc4)c4c3oc3ccccc34)cc2)cc1. The first-order valence-corrected chi connectivity index (χ1v) is 17.3. The highest BCUT2D eigenvalue weighted by Crippen LogP contribution is 2.46. The van der Waals surface area contributed by atoms with Crippen LogP contribution in [0.1, 0.15) is 0 Å². The number of nitrogens with zero attached hydrogens (tertiary/aromatic N) is 1. The molecule has 0 atom stereocenters.